The smallest absolute Gasteiger partial charge is 0.251 e. The SMILES string of the molecule is CCC1CCN(CCNC(=O)C2=CCNC(NCCCN3CCCC3=O)=C2)CC1. The Kier molecular flexibility index (Phi) is 8.40. The molecule has 3 rings (SSSR count). The fraction of sp³-hybridized carbons (Fsp3) is 0.727. The molecule has 0 spiro atoms. The first-order valence-corrected chi connectivity index (χ1v) is 11.3. The van der Waals surface area contributed by atoms with Crippen LogP contribution in [0.2, 0.25) is 0 Å². The maximum atomic E-state index is 12.5. The number of nitrogens with zero attached hydrogens (tertiary/aromatic N) is 2. The van der Waals surface area contributed by atoms with Crippen molar-refractivity contribution < 1.29 is 9.59 Å². The summed E-state index contributed by atoms with van der Waals surface area (Å²) in [6.07, 6.45) is 10.2. The van der Waals surface area contributed by atoms with Gasteiger partial charge in [0.15, 0.2) is 0 Å². The lowest BCUT2D eigenvalue weighted by molar-refractivity contribution is -0.127. The number of nitrogens with one attached hydrogen (secondary N) is 3. The maximum Gasteiger partial charge on any atom is 0.251 e. The molecule has 29 heavy (non-hydrogen) atoms. The van der Waals surface area contributed by atoms with E-state index in [2.05, 4.69) is 27.8 Å². The van der Waals surface area contributed by atoms with Crippen LogP contribution in [0, 0.1) is 5.92 Å². The predicted molar refractivity (Wildman–Crippen MR) is 115 cm³/mol. The van der Waals surface area contributed by atoms with Crippen molar-refractivity contribution in [1.82, 2.24) is 25.8 Å². The van der Waals surface area contributed by atoms with Gasteiger partial charge in [0.05, 0.1) is 5.82 Å². The number of amides is 2. The lowest BCUT2D eigenvalue weighted by Crippen LogP contribution is -2.40. The third-order valence-electron chi connectivity index (χ3n) is 6.27. The molecule has 0 aromatic heterocycles. The number of carbonyl (C=O) groups is 2. The fourth-order valence-corrected chi connectivity index (χ4v) is 4.29. The van der Waals surface area contributed by atoms with Crippen LogP contribution >= 0.6 is 0 Å². The lowest BCUT2D eigenvalue weighted by atomic mass is 9.94. The van der Waals surface area contributed by atoms with Gasteiger partial charge in [0.25, 0.3) is 5.91 Å². The molecule has 7 heteroatoms. The van der Waals surface area contributed by atoms with Gasteiger partial charge >= 0.3 is 0 Å². The second-order valence-corrected chi connectivity index (χ2v) is 8.31. The van der Waals surface area contributed by atoms with Gasteiger partial charge in [-0.05, 0) is 50.8 Å². The second-order valence-electron chi connectivity index (χ2n) is 8.31. The molecule has 162 valence electrons. The van der Waals surface area contributed by atoms with Crippen LogP contribution in [0.5, 0.6) is 0 Å². The molecule has 3 N–H and O–H groups in total. The van der Waals surface area contributed by atoms with Crippen molar-refractivity contribution in [3.8, 4) is 0 Å². The van der Waals surface area contributed by atoms with Gasteiger partial charge in [0.1, 0.15) is 0 Å². The Labute approximate surface area is 174 Å². The molecule has 0 radical (unpaired) electrons. The monoisotopic (exact) mass is 403 g/mol. The molecular weight excluding hydrogens is 366 g/mol. The average molecular weight is 404 g/mol. The second kappa shape index (κ2) is 11.2. The first kappa shape index (κ1) is 21.7. The van der Waals surface area contributed by atoms with Crippen LogP contribution in [0.15, 0.2) is 23.5 Å². The minimum atomic E-state index is -0.00286. The molecule has 2 saturated heterocycles. The molecular formula is C22H37N5O2. The van der Waals surface area contributed by atoms with Crippen molar-refractivity contribution in [2.24, 2.45) is 5.92 Å². The van der Waals surface area contributed by atoms with E-state index < -0.39 is 0 Å². The van der Waals surface area contributed by atoms with Crippen LogP contribution in [0.25, 0.3) is 0 Å². The molecule has 3 aliphatic rings. The van der Waals surface area contributed by atoms with Gasteiger partial charge in [-0.2, -0.15) is 0 Å². The number of likely N-dealkylation sites (tertiary alicyclic amines) is 2. The number of rotatable bonds is 10. The third kappa shape index (κ3) is 6.77. The molecule has 7 nitrogen and oxygen atoms in total. The molecule has 3 aliphatic heterocycles. The Balaban J connectivity index is 1.32. The molecule has 3 heterocycles. The zero-order valence-corrected chi connectivity index (χ0v) is 17.8. The third-order valence-corrected chi connectivity index (χ3v) is 6.27. The van der Waals surface area contributed by atoms with Crippen molar-refractivity contribution >= 4 is 11.8 Å². The highest BCUT2D eigenvalue weighted by molar-refractivity contribution is 5.96. The zero-order valence-electron chi connectivity index (χ0n) is 17.8. The number of piperidine rings is 1. The van der Waals surface area contributed by atoms with Crippen molar-refractivity contribution in [3.05, 3.63) is 23.5 Å². The molecule has 0 aromatic carbocycles. The molecule has 0 aromatic rings. The highest BCUT2D eigenvalue weighted by Gasteiger charge is 2.20. The van der Waals surface area contributed by atoms with Gasteiger partial charge in [0, 0.05) is 51.3 Å². The van der Waals surface area contributed by atoms with E-state index >= 15 is 0 Å². The van der Waals surface area contributed by atoms with Crippen LogP contribution in [-0.4, -0.2) is 74.0 Å². The Morgan fingerprint density at radius 1 is 1.21 bits per heavy atom. The summed E-state index contributed by atoms with van der Waals surface area (Å²) in [5, 5.41) is 9.67. The summed E-state index contributed by atoms with van der Waals surface area (Å²) in [5.41, 5.74) is 0.714. The number of hydrogen-bond acceptors (Lipinski definition) is 5. The maximum absolute atomic E-state index is 12.5. The van der Waals surface area contributed by atoms with Crippen LogP contribution in [-0.2, 0) is 9.59 Å². The Morgan fingerprint density at radius 2 is 2.03 bits per heavy atom. The quantitative estimate of drug-likeness (QED) is 0.478. The summed E-state index contributed by atoms with van der Waals surface area (Å²) in [4.78, 5) is 28.5. The Morgan fingerprint density at radius 3 is 2.76 bits per heavy atom. The van der Waals surface area contributed by atoms with Gasteiger partial charge in [-0.15, -0.1) is 0 Å². The first-order valence-electron chi connectivity index (χ1n) is 11.3. The van der Waals surface area contributed by atoms with E-state index in [1.54, 1.807) is 0 Å². The standard InChI is InChI=1S/C22H37N5O2/c1-2-18-7-14-26(15-8-18)16-11-25-22(29)19-6-10-24-20(17-19)23-9-4-13-27-12-3-5-21(27)28/h6,17-18,23-24H,2-5,7-16H2,1H3,(H,25,29). The lowest BCUT2D eigenvalue weighted by Gasteiger charge is -2.31. The highest BCUT2D eigenvalue weighted by Crippen LogP contribution is 2.19. The molecule has 0 atom stereocenters. The highest BCUT2D eigenvalue weighted by atomic mass is 16.2. The number of hydrogen-bond donors (Lipinski definition) is 3. The summed E-state index contributed by atoms with van der Waals surface area (Å²) < 4.78 is 0. The Hall–Kier alpha value is -2.02. The van der Waals surface area contributed by atoms with Crippen LogP contribution < -0.4 is 16.0 Å². The summed E-state index contributed by atoms with van der Waals surface area (Å²) in [7, 11) is 0. The largest absolute Gasteiger partial charge is 0.372 e. The minimum absolute atomic E-state index is 0.00286. The minimum Gasteiger partial charge on any atom is -0.372 e. The van der Waals surface area contributed by atoms with E-state index in [0.717, 1.165) is 63.8 Å². The number of dihydropyridines is 1. The van der Waals surface area contributed by atoms with Gasteiger partial charge in [-0.1, -0.05) is 19.4 Å². The van der Waals surface area contributed by atoms with E-state index in [1.807, 2.05) is 17.1 Å². The van der Waals surface area contributed by atoms with Gasteiger partial charge < -0.3 is 25.8 Å². The van der Waals surface area contributed by atoms with Crippen molar-refractivity contribution in [3.63, 3.8) is 0 Å². The molecule has 2 fully saturated rings. The molecule has 0 aliphatic carbocycles. The summed E-state index contributed by atoms with van der Waals surface area (Å²) >= 11 is 0. The van der Waals surface area contributed by atoms with E-state index in [9.17, 15) is 9.59 Å². The van der Waals surface area contributed by atoms with Crippen molar-refractivity contribution in [2.45, 2.75) is 45.4 Å². The van der Waals surface area contributed by atoms with Crippen molar-refractivity contribution in [1.29, 1.82) is 0 Å². The van der Waals surface area contributed by atoms with Gasteiger partial charge in [-0.3, -0.25) is 9.59 Å². The van der Waals surface area contributed by atoms with Crippen LogP contribution in [0.1, 0.15) is 45.4 Å². The fourth-order valence-electron chi connectivity index (χ4n) is 4.29. The molecule has 2 amide bonds. The summed E-state index contributed by atoms with van der Waals surface area (Å²) in [6.45, 7) is 9.33. The van der Waals surface area contributed by atoms with Crippen LogP contribution in [0.3, 0.4) is 0 Å². The van der Waals surface area contributed by atoms with E-state index in [1.165, 1.54) is 19.3 Å². The summed E-state index contributed by atoms with van der Waals surface area (Å²) in [6, 6.07) is 0. The average Bonchev–Trinajstić information content (AvgIpc) is 3.16. The summed E-state index contributed by atoms with van der Waals surface area (Å²) in [5.74, 6) is 2.04. The van der Waals surface area contributed by atoms with E-state index in [-0.39, 0.29) is 11.8 Å². The molecule has 0 unspecified atom stereocenters. The Bertz CT molecular complexity index is 623. The van der Waals surface area contributed by atoms with E-state index in [0.29, 0.717) is 25.1 Å². The van der Waals surface area contributed by atoms with Gasteiger partial charge in [-0.25, -0.2) is 0 Å². The molecule has 0 saturated carbocycles. The molecule has 0 bridgehead atoms. The topological polar surface area (TPSA) is 76.7 Å². The zero-order chi connectivity index (χ0) is 20.5. The van der Waals surface area contributed by atoms with Crippen LogP contribution in [0.4, 0.5) is 0 Å². The normalized spacial score (nSPS) is 20.9. The van der Waals surface area contributed by atoms with E-state index in [4.69, 9.17) is 0 Å². The van der Waals surface area contributed by atoms with Gasteiger partial charge in [0.2, 0.25) is 5.91 Å². The van der Waals surface area contributed by atoms with Crippen molar-refractivity contribution in [2.75, 3.05) is 52.4 Å². The number of carbonyl (C=O) groups excluding carboxylic acids is 2. The first-order chi connectivity index (χ1) is 14.2. The predicted octanol–water partition coefficient (Wildman–Crippen LogP) is 1.20.